The fourth-order valence-corrected chi connectivity index (χ4v) is 10.2. The van der Waals surface area contributed by atoms with Crippen molar-refractivity contribution in [3.63, 3.8) is 0 Å². The minimum atomic E-state index is -1.10. The van der Waals surface area contributed by atoms with Crippen LogP contribution in [0.4, 0.5) is 25.8 Å². The van der Waals surface area contributed by atoms with Crippen LogP contribution in [0.25, 0.3) is 66.4 Å². The van der Waals surface area contributed by atoms with Gasteiger partial charge < -0.3 is 9.32 Å². The second-order valence-electron chi connectivity index (χ2n) is 16.7. The van der Waals surface area contributed by atoms with Gasteiger partial charge in [0.1, 0.15) is 22.8 Å². The van der Waals surface area contributed by atoms with Gasteiger partial charge in [-0.25, -0.2) is 8.78 Å². The van der Waals surface area contributed by atoms with Gasteiger partial charge in [-0.3, -0.25) is 0 Å². The van der Waals surface area contributed by atoms with Crippen LogP contribution >= 0.6 is 0 Å². The highest BCUT2D eigenvalue weighted by molar-refractivity contribution is 6.10. The Labute approximate surface area is 375 Å². The summed E-state index contributed by atoms with van der Waals surface area (Å²) in [5, 5.41) is 2.11. The summed E-state index contributed by atoms with van der Waals surface area (Å²) < 4.78 is 38.1. The highest BCUT2D eigenvalue weighted by atomic mass is 19.1. The maximum absolute atomic E-state index is 15.8. The highest BCUT2D eigenvalue weighted by Crippen LogP contribution is 2.58. The van der Waals surface area contributed by atoms with Gasteiger partial charge in [0.05, 0.1) is 11.1 Å². The fraction of sp³-hybridized carbons (Fsp3) is 0.0164. The number of rotatable bonds is 8. The first-order valence-electron chi connectivity index (χ1n) is 21.9. The third kappa shape index (κ3) is 6.29. The Morgan fingerprint density at radius 2 is 0.938 bits per heavy atom. The lowest BCUT2D eigenvalue weighted by atomic mass is 9.67. The number of hydrogen-bond acceptors (Lipinski definition) is 2. The maximum atomic E-state index is 15.8. The van der Waals surface area contributed by atoms with Crippen molar-refractivity contribution in [3.05, 3.63) is 270 Å². The summed E-state index contributed by atoms with van der Waals surface area (Å²) in [6.07, 6.45) is 0. The van der Waals surface area contributed by atoms with Gasteiger partial charge in [0.25, 0.3) is 0 Å². The first-order chi connectivity index (χ1) is 32.0. The number of hydrogen-bond donors (Lipinski definition) is 0. The summed E-state index contributed by atoms with van der Waals surface area (Å²) in [6, 6.07) is 79.0. The summed E-state index contributed by atoms with van der Waals surface area (Å²) >= 11 is 0. The summed E-state index contributed by atoms with van der Waals surface area (Å²) in [5.74, 6) is -0.732. The molecular formula is C61H39F2NO. The van der Waals surface area contributed by atoms with Crippen LogP contribution in [0.2, 0.25) is 0 Å². The van der Waals surface area contributed by atoms with Crippen molar-refractivity contribution in [2.45, 2.75) is 5.41 Å². The van der Waals surface area contributed by atoms with Gasteiger partial charge in [-0.05, 0) is 122 Å². The Hall–Kier alpha value is -8.34. The first kappa shape index (κ1) is 38.3. The van der Waals surface area contributed by atoms with Crippen molar-refractivity contribution < 1.29 is 13.2 Å². The van der Waals surface area contributed by atoms with Crippen molar-refractivity contribution in [3.8, 4) is 44.5 Å². The normalized spacial score (nSPS) is 12.6. The summed E-state index contributed by atoms with van der Waals surface area (Å²) in [7, 11) is 0. The number of nitrogens with zero attached hydrogens (tertiary/aromatic N) is 1. The number of anilines is 3. The monoisotopic (exact) mass is 839 g/mol. The van der Waals surface area contributed by atoms with E-state index in [4.69, 9.17) is 4.42 Å². The van der Waals surface area contributed by atoms with E-state index >= 15 is 8.78 Å². The molecule has 1 aliphatic carbocycles. The highest BCUT2D eigenvalue weighted by Gasteiger charge is 2.47. The molecule has 0 saturated heterocycles. The Morgan fingerprint density at radius 1 is 0.354 bits per heavy atom. The Balaban J connectivity index is 1.13. The smallest absolute Gasteiger partial charge is 0.143 e. The molecule has 1 heterocycles. The molecule has 0 bridgehead atoms. The largest absolute Gasteiger partial charge is 0.455 e. The van der Waals surface area contributed by atoms with E-state index < -0.39 is 5.41 Å². The van der Waals surface area contributed by atoms with Crippen molar-refractivity contribution >= 4 is 39.0 Å². The average Bonchev–Trinajstić information content (AvgIpc) is 3.89. The van der Waals surface area contributed by atoms with Crippen molar-refractivity contribution in [1.82, 2.24) is 0 Å². The van der Waals surface area contributed by atoms with E-state index in [9.17, 15) is 0 Å². The van der Waals surface area contributed by atoms with Crippen LogP contribution in [-0.2, 0) is 5.41 Å². The molecule has 0 saturated carbocycles. The molecule has 0 amide bonds. The van der Waals surface area contributed by atoms with Crippen LogP contribution in [0, 0.1) is 11.6 Å². The standard InChI is InChI=1S/C61H39F2NO/c62-46-20-11-18-44(37-46)61(45-19-12-21-47(63)38-45)56-35-30-43(51-24-13-25-54-53-23-8-10-27-59(53)65-60(51)54)36-55(56)52-34-33-49(39-57(52)61)64(48-31-28-41(29-32-48)40-14-3-1-4-15-40)58-26-9-7-22-50(58)42-16-5-2-6-17-42/h1-39H. The molecule has 0 aliphatic heterocycles. The van der Waals surface area contributed by atoms with Crippen LogP contribution in [0.1, 0.15) is 22.3 Å². The second kappa shape index (κ2) is 15.5. The summed E-state index contributed by atoms with van der Waals surface area (Å²) in [5.41, 5.74) is 15.0. The van der Waals surface area contributed by atoms with E-state index in [0.717, 1.165) is 94.6 Å². The molecule has 0 spiro atoms. The van der Waals surface area contributed by atoms with Gasteiger partial charge in [-0.1, -0.05) is 170 Å². The number of para-hydroxylation sites is 3. The molecule has 65 heavy (non-hydrogen) atoms. The quantitative estimate of drug-likeness (QED) is 0.152. The Kier molecular flexibility index (Phi) is 9.13. The third-order valence-corrected chi connectivity index (χ3v) is 13.1. The Morgan fingerprint density at radius 3 is 1.68 bits per heavy atom. The fourth-order valence-electron chi connectivity index (χ4n) is 10.2. The lowest BCUT2D eigenvalue weighted by Crippen LogP contribution is -2.29. The van der Waals surface area contributed by atoms with Crippen LogP contribution in [0.3, 0.4) is 0 Å². The lowest BCUT2D eigenvalue weighted by molar-refractivity contribution is 0.613. The zero-order valence-corrected chi connectivity index (χ0v) is 35.1. The predicted molar refractivity (Wildman–Crippen MR) is 262 cm³/mol. The van der Waals surface area contributed by atoms with Gasteiger partial charge in [0.15, 0.2) is 0 Å². The molecule has 2 nitrogen and oxygen atoms in total. The van der Waals surface area contributed by atoms with E-state index in [-0.39, 0.29) is 11.6 Å². The second-order valence-corrected chi connectivity index (χ2v) is 16.7. The van der Waals surface area contributed by atoms with Gasteiger partial charge in [-0.15, -0.1) is 0 Å². The zero-order valence-electron chi connectivity index (χ0n) is 35.1. The van der Waals surface area contributed by atoms with Crippen molar-refractivity contribution in [1.29, 1.82) is 0 Å². The van der Waals surface area contributed by atoms with E-state index in [1.54, 1.807) is 24.3 Å². The predicted octanol–water partition coefficient (Wildman–Crippen LogP) is 16.7. The van der Waals surface area contributed by atoms with Gasteiger partial charge in [0.2, 0.25) is 0 Å². The van der Waals surface area contributed by atoms with Crippen LogP contribution in [0.15, 0.2) is 241 Å². The molecule has 1 aliphatic rings. The third-order valence-electron chi connectivity index (χ3n) is 13.1. The molecule has 0 radical (unpaired) electrons. The topological polar surface area (TPSA) is 16.4 Å². The number of fused-ring (bicyclic) bond motifs is 6. The molecular weight excluding hydrogens is 801 g/mol. The molecule has 4 heteroatoms. The molecule has 0 N–H and O–H groups in total. The number of benzene rings is 10. The van der Waals surface area contributed by atoms with Gasteiger partial charge >= 0.3 is 0 Å². The molecule has 0 unspecified atom stereocenters. The number of furan rings is 1. The van der Waals surface area contributed by atoms with Crippen LogP contribution < -0.4 is 4.90 Å². The molecule has 11 aromatic rings. The molecule has 308 valence electrons. The minimum absolute atomic E-state index is 0.366. The van der Waals surface area contributed by atoms with E-state index in [1.165, 1.54) is 12.1 Å². The number of halogens is 2. The molecule has 0 atom stereocenters. The van der Waals surface area contributed by atoms with E-state index in [0.29, 0.717) is 11.1 Å². The minimum Gasteiger partial charge on any atom is -0.455 e. The van der Waals surface area contributed by atoms with Crippen LogP contribution in [-0.4, -0.2) is 0 Å². The molecule has 1 aromatic heterocycles. The van der Waals surface area contributed by atoms with E-state index in [1.807, 2.05) is 42.5 Å². The average molecular weight is 840 g/mol. The lowest BCUT2D eigenvalue weighted by Gasteiger charge is -2.35. The van der Waals surface area contributed by atoms with Crippen molar-refractivity contribution in [2.75, 3.05) is 4.90 Å². The SMILES string of the molecule is Fc1cccc(C2(c3cccc(F)c3)c3ccc(-c4cccc5c4oc4ccccc45)cc3-c3ccc(N(c4ccc(-c5ccccc5)cc4)c4ccccc4-c4ccccc4)cc32)c1. The summed E-state index contributed by atoms with van der Waals surface area (Å²) in [6.45, 7) is 0. The van der Waals surface area contributed by atoms with Crippen molar-refractivity contribution in [2.24, 2.45) is 0 Å². The zero-order chi connectivity index (χ0) is 43.5. The first-order valence-corrected chi connectivity index (χ1v) is 21.9. The molecule has 0 fully saturated rings. The molecule has 10 aromatic carbocycles. The maximum Gasteiger partial charge on any atom is 0.143 e. The Bertz CT molecular complexity index is 3530. The summed E-state index contributed by atoms with van der Waals surface area (Å²) in [4.78, 5) is 2.30. The van der Waals surface area contributed by atoms with Gasteiger partial charge in [-0.2, -0.15) is 0 Å². The van der Waals surface area contributed by atoms with E-state index in [2.05, 4.69) is 163 Å². The van der Waals surface area contributed by atoms with Crippen LogP contribution in [0.5, 0.6) is 0 Å². The molecule has 12 rings (SSSR count). The van der Waals surface area contributed by atoms with Gasteiger partial charge in [0, 0.05) is 33.3 Å².